The van der Waals surface area contributed by atoms with Gasteiger partial charge in [0.05, 0.1) is 6.10 Å². The van der Waals surface area contributed by atoms with Crippen LogP contribution < -0.4 is 10.5 Å². The smallest absolute Gasteiger partial charge is 0.231 e. The second kappa shape index (κ2) is 4.75. The Hall–Kier alpha value is -0.0100. The zero-order valence-electron chi connectivity index (χ0n) is 5.65. The molecule has 5 nitrogen and oxygen atoms in total. The van der Waals surface area contributed by atoms with Crippen LogP contribution in [0.15, 0.2) is 0 Å². The highest BCUT2D eigenvalue weighted by Crippen LogP contribution is 1.85. The van der Waals surface area contributed by atoms with Gasteiger partial charge in [0, 0.05) is 12.6 Å². The highest BCUT2D eigenvalue weighted by molar-refractivity contribution is 7.77. The van der Waals surface area contributed by atoms with E-state index in [1.54, 1.807) is 6.92 Å². The minimum Gasteiger partial charge on any atom is -0.390 e. The van der Waals surface area contributed by atoms with Crippen molar-refractivity contribution in [2.45, 2.75) is 19.1 Å². The molecule has 62 valence electrons. The van der Waals surface area contributed by atoms with E-state index in [2.05, 4.69) is 4.72 Å². The average molecular weight is 168 g/mol. The number of aliphatic hydroxyl groups is 1. The molecule has 5 N–H and O–H groups in total. The molecule has 0 aromatic rings. The van der Waals surface area contributed by atoms with Crippen molar-refractivity contribution in [2.24, 2.45) is 5.73 Å². The fourth-order valence-electron chi connectivity index (χ4n) is 0.343. The number of nitrogens with one attached hydrogen (secondary N) is 1. The molecule has 0 aliphatic carbocycles. The standard InChI is InChI=1S/C4H12N2O3S/c1-3(5)4(7)2-6-10(8)9/h3-4,6-7H,2,5H2,1H3,(H,8,9). The van der Waals surface area contributed by atoms with Crippen LogP contribution in [-0.2, 0) is 11.3 Å². The van der Waals surface area contributed by atoms with Gasteiger partial charge in [0.1, 0.15) is 0 Å². The molecule has 0 spiro atoms. The summed E-state index contributed by atoms with van der Waals surface area (Å²) in [4.78, 5) is 0. The quantitative estimate of drug-likeness (QED) is 0.381. The minimum absolute atomic E-state index is 0.0285. The van der Waals surface area contributed by atoms with Crippen LogP contribution in [0.1, 0.15) is 6.92 Å². The third-order valence-corrected chi connectivity index (χ3v) is 1.44. The van der Waals surface area contributed by atoms with Crippen LogP contribution in [0.2, 0.25) is 0 Å². The molecule has 6 heteroatoms. The summed E-state index contributed by atoms with van der Waals surface area (Å²) in [5, 5.41) is 8.94. The first-order valence-corrected chi connectivity index (χ1v) is 3.92. The molecule has 0 aliphatic rings. The van der Waals surface area contributed by atoms with E-state index in [9.17, 15) is 4.21 Å². The van der Waals surface area contributed by atoms with Crippen LogP contribution >= 0.6 is 0 Å². The van der Waals surface area contributed by atoms with Gasteiger partial charge in [-0.15, -0.1) is 0 Å². The summed E-state index contributed by atoms with van der Waals surface area (Å²) >= 11 is -2.07. The molecule has 0 fully saturated rings. The Balaban J connectivity index is 3.39. The van der Waals surface area contributed by atoms with E-state index in [4.69, 9.17) is 15.4 Å². The Morgan fingerprint density at radius 3 is 2.60 bits per heavy atom. The van der Waals surface area contributed by atoms with E-state index in [-0.39, 0.29) is 6.54 Å². The van der Waals surface area contributed by atoms with E-state index in [0.717, 1.165) is 0 Å². The predicted molar refractivity (Wildman–Crippen MR) is 38.4 cm³/mol. The van der Waals surface area contributed by atoms with E-state index >= 15 is 0 Å². The summed E-state index contributed by atoms with van der Waals surface area (Å²) in [6.45, 7) is 1.65. The van der Waals surface area contributed by atoms with Gasteiger partial charge < -0.3 is 10.8 Å². The predicted octanol–water partition coefficient (Wildman–Crippen LogP) is -1.58. The van der Waals surface area contributed by atoms with Gasteiger partial charge in [0.15, 0.2) is 0 Å². The molecule has 0 heterocycles. The molecule has 0 saturated carbocycles. The van der Waals surface area contributed by atoms with E-state index < -0.39 is 23.4 Å². The molecule has 0 aromatic heterocycles. The molecule has 0 saturated heterocycles. The van der Waals surface area contributed by atoms with Crippen molar-refractivity contribution in [2.75, 3.05) is 6.54 Å². The maximum atomic E-state index is 9.97. The fraction of sp³-hybridized carbons (Fsp3) is 1.00. The summed E-state index contributed by atoms with van der Waals surface area (Å²) < 4.78 is 20.3. The number of aliphatic hydroxyl groups excluding tert-OH is 1. The number of rotatable bonds is 4. The Bertz CT molecular complexity index is 119. The highest BCUT2D eigenvalue weighted by atomic mass is 32.2. The lowest BCUT2D eigenvalue weighted by Gasteiger charge is -2.12. The molecule has 0 radical (unpaired) electrons. The zero-order valence-corrected chi connectivity index (χ0v) is 6.47. The maximum Gasteiger partial charge on any atom is 0.231 e. The van der Waals surface area contributed by atoms with Crippen molar-refractivity contribution in [3.05, 3.63) is 0 Å². The largest absolute Gasteiger partial charge is 0.390 e. The van der Waals surface area contributed by atoms with Gasteiger partial charge in [0.2, 0.25) is 11.3 Å². The lowest BCUT2D eigenvalue weighted by atomic mass is 10.2. The van der Waals surface area contributed by atoms with Gasteiger partial charge in [-0.3, -0.25) is 4.55 Å². The third-order valence-electron chi connectivity index (χ3n) is 1.02. The van der Waals surface area contributed by atoms with E-state index in [1.807, 2.05) is 0 Å². The van der Waals surface area contributed by atoms with Crippen LogP contribution in [0.3, 0.4) is 0 Å². The first-order chi connectivity index (χ1) is 4.54. The van der Waals surface area contributed by atoms with E-state index in [1.165, 1.54) is 0 Å². The van der Waals surface area contributed by atoms with Gasteiger partial charge in [-0.05, 0) is 6.92 Å². The van der Waals surface area contributed by atoms with Crippen LogP contribution in [0, 0.1) is 0 Å². The molecular formula is C4H12N2O3S. The van der Waals surface area contributed by atoms with Crippen molar-refractivity contribution in [3.8, 4) is 0 Å². The highest BCUT2D eigenvalue weighted by Gasteiger charge is 2.08. The second-order valence-corrected chi connectivity index (χ2v) is 2.81. The molecule has 0 amide bonds. The molecule has 0 bridgehead atoms. The molecule has 0 rings (SSSR count). The molecule has 0 aromatic carbocycles. The van der Waals surface area contributed by atoms with Crippen molar-refractivity contribution < 1.29 is 13.9 Å². The van der Waals surface area contributed by atoms with Crippen LogP contribution in [0.5, 0.6) is 0 Å². The molecule has 0 aliphatic heterocycles. The van der Waals surface area contributed by atoms with Crippen molar-refractivity contribution >= 4 is 11.3 Å². The maximum absolute atomic E-state index is 9.97. The van der Waals surface area contributed by atoms with Crippen molar-refractivity contribution in [3.63, 3.8) is 0 Å². The summed E-state index contributed by atoms with van der Waals surface area (Å²) in [7, 11) is 0. The fourth-order valence-corrected chi connectivity index (χ4v) is 0.656. The summed E-state index contributed by atoms with van der Waals surface area (Å²) in [5.41, 5.74) is 5.25. The topological polar surface area (TPSA) is 95.6 Å². The molecule has 10 heavy (non-hydrogen) atoms. The Labute approximate surface area is 62.0 Å². The Morgan fingerprint density at radius 1 is 1.80 bits per heavy atom. The molecule has 3 unspecified atom stereocenters. The van der Waals surface area contributed by atoms with Gasteiger partial charge in [-0.1, -0.05) is 0 Å². The normalized spacial score (nSPS) is 20.0. The first kappa shape index (κ1) is 9.99. The monoisotopic (exact) mass is 168 g/mol. The SMILES string of the molecule is CC(N)C(O)CNS(=O)O. The number of hydrogen-bond acceptors (Lipinski definition) is 3. The lowest BCUT2D eigenvalue weighted by Crippen LogP contribution is -2.40. The zero-order chi connectivity index (χ0) is 8.15. The van der Waals surface area contributed by atoms with Crippen LogP contribution in [0.4, 0.5) is 0 Å². The number of hydrogen-bond donors (Lipinski definition) is 4. The van der Waals surface area contributed by atoms with Gasteiger partial charge in [-0.25, -0.2) is 8.93 Å². The minimum atomic E-state index is -2.07. The first-order valence-electron chi connectivity index (χ1n) is 2.82. The van der Waals surface area contributed by atoms with Crippen molar-refractivity contribution in [1.82, 2.24) is 4.72 Å². The number of nitrogens with two attached hydrogens (primary N) is 1. The second-order valence-electron chi connectivity index (χ2n) is 2.02. The van der Waals surface area contributed by atoms with Gasteiger partial charge >= 0.3 is 0 Å². The molecule has 3 atom stereocenters. The van der Waals surface area contributed by atoms with Gasteiger partial charge in [-0.2, -0.15) is 0 Å². The van der Waals surface area contributed by atoms with Gasteiger partial charge in [0.25, 0.3) is 0 Å². The summed E-state index contributed by atoms with van der Waals surface area (Å²) in [6.07, 6.45) is -0.781. The van der Waals surface area contributed by atoms with Crippen LogP contribution in [0.25, 0.3) is 0 Å². The summed E-state index contributed by atoms with van der Waals surface area (Å²) in [5.74, 6) is 0. The van der Waals surface area contributed by atoms with Crippen LogP contribution in [-0.4, -0.2) is 32.6 Å². The van der Waals surface area contributed by atoms with E-state index in [0.29, 0.717) is 0 Å². The Kier molecular flexibility index (Phi) is 4.75. The Morgan fingerprint density at radius 2 is 2.30 bits per heavy atom. The van der Waals surface area contributed by atoms with Crippen molar-refractivity contribution in [1.29, 1.82) is 0 Å². The summed E-state index contributed by atoms with van der Waals surface area (Å²) in [6, 6.07) is -0.393. The lowest BCUT2D eigenvalue weighted by molar-refractivity contribution is 0.154. The molecular weight excluding hydrogens is 156 g/mol. The average Bonchev–Trinajstić information content (AvgIpc) is 1.82. The third kappa shape index (κ3) is 4.83.